The van der Waals surface area contributed by atoms with Crippen LogP contribution < -0.4 is 26.2 Å². The second kappa shape index (κ2) is 8.19. The summed E-state index contributed by atoms with van der Waals surface area (Å²) in [5.41, 5.74) is 8.00. The van der Waals surface area contributed by atoms with Crippen molar-refractivity contribution in [3.63, 3.8) is 0 Å². The van der Waals surface area contributed by atoms with E-state index in [1.54, 1.807) is 28.1 Å². The van der Waals surface area contributed by atoms with E-state index in [4.69, 9.17) is 10.5 Å². The third-order valence-electron chi connectivity index (χ3n) is 6.90. The number of aromatic nitrogens is 1. The summed E-state index contributed by atoms with van der Waals surface area (Å²) in [6.07, 6.45) is 5.78. The predicted molar refractivity (Wildman–Crippen MR) is 135 cm³/mol. The molecule has 1 aliphatic carbocycles. The van der Waals surface area contributed by atoms with Crippen LogP contribution in [0.2, 0.25) is 0 Å². The van der Waals surface area contributed by atoms with Gasteiger partial charge in [-0.25, -0.2) is 9.79 Å². The van der Waals surface area contributed by atoms with Crippen molar-refractivity contribution in [1.82, 2.24) is 14.8 Å². The summed E-state index contributed by atoms with van der Waals surface area (Å²) in [6, 6.07) is 14.8. The van der Waals surface area contributed by atoms with E-state index in [1.165, 1.54) is 0 Å². The van der Waals surface area contributed by atoms with E-state index in [-0.39, 0.29) is 17.6 Å². The Labute approximate surface area is 202 Å². The molecule has 1 saturated carbocycles. The van der Waals surface area contributed by atoms with Crippen LogP contribution in [0.15, 0.2) is 76.0 Å². The number of aliphatic imine (C=N–C) groups is 1. The monoisotopic (exact) mass is 470 g/mol. The average Bonchev–Trinajstić information content (AvgIpc) is 3.13. The minimum absolute atomic E-state index is 0.135. The number of para-hydroxylation sites is 1. The first-order valence-corrected chi connectivity index (χ1v) is 11.9. The fraction of sp³-hybridized carbons (Fsp3) is 0.269. The number of carbonyl (C=O) groups excluding carboxylic acids is 1. The fourth-order valence-corrected chi connectivity index (χ4v) is 4.98. The second-order valence-corrected chi connectivity index (χ2v) is 8.87. The Hall–Kier alpha value is -4.27. The number of urea groups is 1. The third-order valence-corrected chi connectivity index (χ3v) is 6.90. The van der Waals surface area contributed by atoms with Crippen molar-refractivity contribution < 1.29 is 9.53 Å². The van der Waals surface area contributed by atoms with E-state index in [0.717, 1.165) is 24.9 Å². The maximum absolute atomic E-state index is 13.7. The minimum atomic E-state index is -0.472. The maximum atomic E-state index is 13.7. The average molecular weight is 471 g/mol. The molecule has 2 amide bonds. The van der Waals surface area contributed by atoms with Gasteiger partial charge < -0.3 is 15.8 Å². The largest absolute Gasteiger partial charge is 0.492 e. The number of nitrogens with zero attached hydrogens (tertiary/aromatic N) is 4. The Balaban J connectivity index is 1.53. The molecule has 9 heteroatoms. The molecule has 3 N–H and O–H groups in total. The first-order valence-electron chi connectivity index (χ1n) is 11.9. The van der Waals surface area contributed by atoms with Gasteiger partial charge in [0.05, 0.1) is 30.2 Å². The number of rotatable bonds is 5. The molecule has 0 spiro atoms. The highest BCUT2D eigenvalue weighted by Crippen LogP contribution is 2.40. The van der Waals surface area contributed by atoms with Gasteiger partial charge in [-0.15, -0.1) is 0 Å². The molecular formula is C26H26N6O3. The highest BCUT2D eigenvalue weighted by atomic mass is 16.5. The van der Waals surface area contributed by atoms with Gasteiger partial charge in [0.15, 0.2) is 6.17 Å². The molecule has 0 radical (unpaired) electrons. The lowest BCUT2D eigenvalue weighted by molar-refractivity contribution is 0.139. The van der Waals surface area contributed by atoms with E-state index in [1.807, 2.05) is 54.3 Å². The fourth-order valence-electron chi connectivity index (χ4n) is 4.98. The number of anilines is 1. The van der Waals surface area contributed by atoms with Gasteiger partial charge in [-0.2, -0.15) is 0 Å². The molecule has 3 aliphatic rings. The summed E-state index contributed by atoms with van der Waals surface area (Å²) in [4.78, 5) is 35.2. The van der Waals surface area contributed by atoms with Crippen LogP contribution in [0, 0.1) is 0 Å². The molecule has 6 rings (SSSR count). The standard InChI is InChI=1S/C26H26N6O3/c1-2-35-21-14-30(16-7-4-3-5-8-16)25(33)20-13-18(11-12-19(20)21)31-22-23(27)28-15-29-24(22)32(26(31)34)17-9-6-10-17/h3-5,7-8,11-15,17,24H,2,6,9-10,27H2,1H3,(H,28,29). The number of hydrogen-bond acceptors (Lipinski definition) is 6. The van der Waals surface area contributed by atoms with Gasteiger partial charge in [-0.1, -0.05) is 18.2 Å². The summed E-state index contributed by atoms with van der Waals surface area (Å²) in [7, 11) is 0. The van der Waals surface area contributed by atoms with Crippen LogP contribution >= 0.6 is 0 Å². The van der Waals surface area contributed by atoms with E-state index in [9.17, 15) is 9.59 Å². The summed E-state index contributed by atoms with van der Waals surface area (Å²) >= 11 is 0. The molecule has 2 aliphatic heterocycles. The molecule has 1 aromatic heterocycles. The van der Waals surface area contributed by atoms with Crippen LogP contribution in [0.5, 0.6) is 5.75 Å². The number of benzene rings is 2. The summed E-state index contributed by atoms with van der Waals surface area (Å²) in [6.45, 7) is 2.36. The third kappa shape index (κ3) is 3.26. The topological polar surface area (TPSA) is 105 Å². The lowest BCUT2D eigenvalue weighted by Gasteiger charge is -2.36. The number of nitrogens with one attached hydrogen (secondary N) is 1. The molecule has 3 heterocycles. The Morgan fingerprint density at radius 2 is 1.89 bits per heavy atom. The highest BCUT2D eigenvalue weighted by Gasteiger charge is 2.49. The van der Waals surface area contributed by atoms with Crippen LogP contribution in [0.4, 0.5) is 10.5 Å². The quantitative estimate of drug-likeness (QED) is 0.596. The SMILES string of the molecule is CCOc1cn(-c2ccccc2)c(=O)c2cc(N3C(=O)N(C4CCC4)C4N=CNC(N)=C43)ccc12. The molecule has 3 aromatic rings. The van der Waals surface area contributed by atoms with E-state index in [2.05, 4.69) is 10.3 Å². The van der Waals surface area contributed by atoms with Gasteiger partial charge in [-0.05, 0) is 56.5 Å². The number of hydrogen-bond donors (Lipinski definition) is 2. The van der Waals surface area contributed by atoms with Gasteiger partial charge in [-0.3, -0.25) is 19.2 Å². The van der Waals surface area contributed by atoms with Crippen molar-refractivity contribution in [2.24, 2.45) is 10.7 Å². The molecule has 1 atom stereocenters. The molecule has 1 unspecified atom stereocenters. The van der Waals surface area contributed by atoms with Crippen LogP contribution in [-0.4, -0.2) is 40.7 Å². The molecule has 2 fully saturated rings. The van der Waals surface area contributed by atoms with Crippen molar-refractivity contribution in [3.8, 4) is 11.4 Å². The molecule has 35 heavy (non-hydrogen) atoms. The Morgan fingerprint density at radius 1 is 1.09 bits per heavy atom. The van der Waals surface area contributed by atoms with Gasteiger partial charge in [0, 0.05) is 17.1 Å². The van der Waals surface area contributed by atoms with Crippen molar-refractivity contribution in [3.05, 3.63) is 76.6 Å². The molecule has 0 bridgehead atoms. The Bertz CT molecular complexity index is 1440. The minimum Gasteiger partial charge on any atom is -0.492 e. The molecule has 9 nitrogen and oxygen atoms in total. The normalized spacial score (nSPS) is 19.7. The van der Waals surface area contributed by atoms with E-state index in [0.29, 0.717) is 40.3 Å². The van der Waals surface area contributed by atoms with E-state index < -0.39 is 6.17 Å². The Kier molecular flexibility index (Phi) is 4.98. The number of carbonyl (C=O) groups is 1. The lowest BCUT2D eigenvalue weighted by Crippen LogP contribution is -2.46. The maximum Gasteiger partial charge on any atom is 0.331 e. The second-order valence-electron chi connectivity index (χ2n) is 8.87. The van der Waals surface area contributed by atoms with Gasteiger partial charge >= 0.3 is 6.03 Å². The molecule has 2 aromatic carbocycles. The summed E-state index contributed by atoms with van der Waals surface area (Å²) < 4.78 is 7.47. The number of amides is 2. The number of ether oxygens (including phenoxy) is 1. The van der Waals surface area contributed by atoms with Crippen LogP contribution in [-0.2, 0) is 0 Å². The van der Waals surface area contributed by atoms with Gasteiger partial charge in [0.2, 0.25) is 0 Å². The zero-order valence-corrected chi connectivity index (χ0v) is 19.3. The smallest absolute Gasteiger partial charge is 0.331 e. The number of pyridine rings is 1. The van der Waals surface area contributed by atoms with Crippen molar-refractivity contribution in [2.75, 3.05) is 11.5 Å². The van der Waals surface area contributed by atoms with E-state index >= 15 is 0 Å². The first kappa shape index (κ1) is 21.3. The van der Waals surface area contributed by atoms with Crippen molar-refractivity contribution >= 4 is 28.8 Å². The van der Waals surface area contributed by atoms with Crippen LogP contribution in [0.1, 0.15) is 26.2 Å². The molecular weight excluding hydrogens is 444 g/mol. The van der Waals surface area contributed by atoms with Gasteiger partial charge in [0.1, 0.15) is 17.3 Å². The predicted octanol–water partition coefficient (Wildman–Crippen LogP) is 3.27. The van der Waals surface area contributed by atoms with Crippen LogP contribution in [0.3, 0.4) is 0 Å². The first-order chi connectivity index (χ1) is 17.1. The number of nitrogens with two attached hydrogens (primary N) is 1. The zero-order chi connectivity index (χ0) is 24.1. The highest BCUT2D eigenvalue weighted by molar-refractivity contribution is 6.02. The van der Waals surface area contributed by atoms with Gasteiger partial charge in [0.25, 0.3) is 5.56 Å². The van der Waals surface area contributed by atoms with Crippen molar-refractivity contribution in [1.29, 1.82) is 0 Å². The zero-order valence-electron chi connectivity index (χ0n) is 19.3. The molecule has 1 saturated heterocycles. The number of fused-ring (bicyclic) bond motifs is 2. The summed E-state index contributed by atoms with van der Waals surface area (Å²) in [5, 5.41) is 4.08. The van der Waals surface area contributed by atoms with Crippen molar-refractivity contribution in [2.45, 2.75) is 38.4 Å². The summed E-state index contributed by atoms with van der Waals surface area (Å²) in [5.74, 6) is 0.979. The van der Waals surface area contributed by atoms with Crippen LogP contribution in [0.25, 0.3) is 16.5 Å². The molecule has 178 valence electrons. The Morgan fingerprint density at radius 3 is 2.60 bits per heavy atom. The lowest BCUT2D eigenvalue weighted by atomic mass is 9.91.